The van der Waals surface area contributed by atoms with E-state index in [1.54, 1.807) is 4.90 Å². The van der Waals surface area contributed by atoms with Gasteiger partial charge in [0.1, 0.15) is 5.60 Å². The second kappa shape index (κ2) is 4.84. The molecule has 4 heteroatoms. The lowest BCUT2D eigenvalue weighted by Crippen LogP contribution is -2.35. The fourth-order valence-electron chi connectivity index (χ4n) is 1.74. The normalized spacial score (nSPS) is 21.9. The monoisotopic (exact) mass is 215 g/mol. The molecule has 1 heterocycles. The molecule has 1 fully saturated rings. The van der Waals surface area contributed by atoms with Crippen LogP contribution in [0.15, 0.2) is 0 Å². The first-order chi connectivity index (χ1) is 6.92. The first kappa shape index (κ1) is 12.3. The predicted octanol–water partition coefficient (Wildman–Crippen LogP) is 1.63. The molecule has 1 N–H and O–H groups in total. The average Bonchev–Trinajstić information content (AvgIpc) is 2.50. The van der Waals surface area contributed by atoms with Gasteiger partial charge in [-0.25, -0.2) is 4.79 Å². The highest BCUT2D eigenvalue weighted by Crippen LogP contribution is 2.21. The first-order valence-electron chi connectivity index (χ1n) is 5.51. The largest absolute Gasteiger partial charge is 0.444 e. The second-order valence-electron chi connectivity index (χ2n) is 5.09. The van der Waals surface area contributed by atoms with Crippen LogP contribution < -0.4 is 0 Å². The highest BCUT2D eigenvalue weighted by molar-refractivity contribution is 5.68. The lowest BCUT2D eigenvalue weighted by Gasteiger charge is -2.24. The summed E-state index contributed by atoms with van der Waals surface area (Å²) in [5.41, 5.74) is -0.424. The molecule has 0 radical (unpaired) electrons. The number of nitrogens with zero attached hydrogens (tertiary/aromatic N) is 1. The fourth-order valence-corrected chi connectivity index (χ4v) is 1.74. The summed E-state index contributed by atoms with van der Waals surface area (Å²) in [4.78, 5) is 13.4. The Bertz CT molecular complexity index is 222. The van der Waals surface area contributed by atoms with Crippen LogP contribution in [0.4, 0.5) is 4.79 Å². The molecule has 1 aliphatic heterocycles. The summed E-state index contributed by atoms with van der Waals surface area (Å²) in [7, 11) is 0. The third kappa shape index (κ3) is 4.08. The summed E-state index contributed by atoms with van der Waals surface area (Å²) >= 11 is 0. The first-order valence-corrected chi connectivity index (χ1v) is 5.51. The maximum atomic E-state index is 11.7. The van der Waals surface area contributed by atoms with Crippen molar-refractivity contribution in [3.8, 4) is 0 Å². The molecule has 1 unspecified atom stereocenters. The Morgan fingerprint density at radius 1 is 1.53 bits per heavy atom. The molecule has 15 heavy (non-hydrogen) atoms. The van der Waals surface area contributed by atoms with Crippen LogP contribution in [-0.2, 0) is 4.74 Å². The summed E-state index contributed by atoms with van der Waals surface area (Å²) in [6, 6.07) is 0. The number of likely N-dealkylation sites (tertiary alicyclic amines) is 1. The van der Waals surface area contributed by atoms with Gasteiger partial charge in [-0.2, -0.15) is 0 Å². The topological polar surface area (TPSA) is 49.8 Å². The Morgan fingerprint density at radius 3 is 2.73 bits per heavy atom. The second-order valence-corrected chi connectivity index (χ2v) is 5.09. The average molecular weight is 215 g/mol. The van der Waals surface area contributed by atoms with Crippen LogP contribution in [0.25, 0.3) is 0 Å². The Kier molecular flexibility index (Phi) is 3.97. The van der Waals surface area contributed by atoms with E-state index in [0.717, 1.165) is 25.9 Å². The third-order valence-corrected chi connectivity index (χ3v) is 2.47. The fraction of sp³-hybridized carbons (Fsp3) is 0.909. The van der Waals surface area contributed by atoms with E-state index in [1.165, 1.54) is 0 Å². The van der Waals surface area contributed by atoms with Crippen molar-refractivity contribution < 1.29 is 14.6 Å². The molecule has 0 aromatic rings. The lowest BCUT2D eigenvalue weighted by atomic mass is 10.1. The quantitative estimate of drug-likeness (QED) is 0.761. The molecule has 0 aromatic heterocycles. The van der Waals surface area contributed by atoms with Crippen molar-refractivity contribution in [2.24, 2.45) is 5.92 Å². The zero-order valence-corrected chi connectivity index (χ0v) is 9.82. The minimum absolute atomic E-state index is 0.201. The Hall–Kier alpha value is -0.770. The third-order valence-electron chi connectivity index (χ3n) is 2.47. The maximum absolute atomic E-state index is 11.7. The van der Waals surface area contributed by atoms with Gasteiger partial charge in [0.2, 0.25) is 0 Å². The molecule has 1 aliphatic rings. The van der Waals surface area contributed by atoms with Crippen molar-refractivity contribution >= 4 is 6.09 Å². The van der Waals surface area contributed by atoms with Gasteiger partial charge in [0.25, 0.3) is 0 Å². The molecule has 1 amide bonds. The highest BCUT2D eigenvalue weighted by Gasteiger charge is 2.29. The summed E-state index contributed by atoms with van der Waals surface area (Å²) in [6.07, 6.45) is 1.52. The van der Waals surface area contributed by atoms with E-state index in [-0.39, 0.29) is 12.7 Å². The molecule has 1 atom stereocenters. The molecule has 0 saturated carbocycles. The minimum Gasteiger partial charge on any atom is -0.444 e. The van der Waals surface area contributed by atoms with Gasteiger partial charge in [0, 0.05) is 19.7 Å². The van der Waals surface area contributed by atoms with Crippen molar-refractivity contribution in [1.82, 2.24) is 4.90 Å². The van der Waals surface area contributed by atoms with Crippen molar-refractivity contribution in [2.45, 2.75) is 39.2 Å². The van der Waals surface area contributed by atoms with Crippen LogP contribution in [0.1, 0.15) is 33.6 Å². The number of amides is 1. The smallest absolute Gasteiger partial charge is 0.410 e. The zero-order valence-electron chi connectivity index (χ0n) is 9.82. The number of carbonyl (C=O) groups excluding carboxylic acids is 1. The van der Waals surface area contributed by atoms with Crippen LogP contribution in [0.3, 0.4) is 0 Å². The van der Waals surface area contributed by atoms with Crippen molar-refractivity contribution in [3.05, 3.63) is 0 Å². The molecule has 0 aromatic carbocycles. The SMILES string of the molecule is CC(C)(C)OC(=O)N1CCC(CCO)C1. The van der Waals surface area contributed by atoms with Crippen molar-refractivity contribution in [3.63, 3.8) is 0 Å². The van der Waals surface area contributed by atoms with Crippen LogP contribution in [0.2, 0.25) is 0 Å². The Balaban J connectivity index is 2.37. The van der Waals surface area contributed by atoms with Gasteiger partial charge < -0.3 is 14.7 Å². The van der Waals surface area contributed by atoms with E-state index in [9.17, 15) is 4.79 Å². The number of aliphatic hydroxyl groups is 1. The molecule has 0 spiro atoms. The molecule has 1 rings (SSSR count). The predicted molar refractivity (Wildman–Crippen MR) is 57.6 cm³/mol. The van der Waals surface area contributed by atoms with Crippen LogP contribution in [0.5, 0.6) is 0 Å². The number of hydrogen-bond donors (Lipinski definition) is 1. The summed E-state index contributed by atoms with van der Waals surface area (Å²) in [5.74, 6) is 0.433. The minimum atomic E-state index is -0.424. The van der Waals surface area contributed by atoms with Gasteiger partial charge in [-0.05, 0) is 39.5 Å². The van der Waals surface area contributed by atoms with Gasteiger partial charge in [-0.3, -0.25) is 0 Å². The van der Waals surface area contributed by atoms with E-state index in [0.29, 0.717) is 5.92 Å². The molecule has 1 saturated heterocycles. The van der Waals surface area contributed by atoms with E-state index in [1.807, 2.05) is 20.8 Å². The zero-order chi connectivity index (χ0) is 11.5. The summed E-state index contributed by atoms with van der Waals surface area (Å²) in [6.45, 7) is 7.27. The maximum Gasteiger partial charge on any atom is 0.410 e. The Morgan fingerprint density at radius 2 is 2.20 bits per heavy atom. The van der Waals surface area contributed by atoms with Gasteiger partial charge >= 0.3 is 6.09 Å². The van der Waals surface area contributed by atoms with E-state index < -0.39 is 5.60 Å². The van der Waals surface area contributed by atoms with Crippen LogP contribution >= 0.6 is 0 Å². The van der Waals surface area contributed by atoms with Gasteiger partial charge in [0.15, 0.2) is 0 Å². The summed E-state index contributed by atoms with van der Waals surface area (Å²) < 4.78 is 5.27. The number of ether oxygens (including phenoxy) is 1. The molecular formula is C11H21NO3. The number of carbonyl (C=O) groups is 1. The molecular weight excluding hydrogens is 194 g/mol. The van der Waals surface area contributed by atoms with Gasteiger partial charge in [0.05, 0.1) is 0 Å². The molecule has 88 valence electrons. The Labute approximate surface area is 91.2 Å². The van der Waals surface area contributed by atoms with Crippen LogP contribution in [0, 0.1) is 5.92 Å². The standard InChI is InChI=1S/C11H21NO3/c1-11(2,3)15-10(14)12-6-4-9(8-12)5-7-13/h9,13H,4-8H2,1-3H3. The lowest BCUT2D eigenvalue weighted by molar-refractivity contribution is 0.0286. The van der Waals surface area contributed by atoms with E-state index >= 15 is 0 Å². The van der Waals surface area contributed by atoms with E-state index in [2.05, 4.69) is 0 Å². The van der Waals surface area contributed by atoms with Crippen LogP contribution in [-0.4, -0.2) is 41.4 Å². The van der Waals surface area contributed by atoms with E-state index in [4.69, 9.17) is 9.84 Å². The molecule has 0 bridgehead atoms. The molecule has 0 aliphatic carbocycles. The number of hydrogen-bond acceptors (Lipinski definition) is 3. The summed E-state index contributed by atoms with van der Waals surface area (Å²) in [5, 5.41) is 8.80. The van der Waals surface area contributed by atoms with Crippen molar-refractivity contribution in [1.29, 1.82) is 0 Å². The highest BCUT2D eigenvalue weighted by atomic mass is 16.6. The van der Waals surface area contributed by atoms with Gasteiger partial charge in [-0.15, -0.1) is 0 Å². The molecule has 4 nitrogen and oxygen atoms in total. The van der Waals surface area contributed by atoms with Gasteiger partial charge in [-0.1, -0.05) is 0 Å². The van der Waals surface area contributed by atoms with Crippen molar-refractivity contribution in [2.75, 3.05) is 19.7 Å². The number of aliphatic hydroxyl groups excluding tert-OH is 1. The number of rotatable bonds is 2.